The van der Waals surface area contributed by atoms with Crippen LogP contribution in [-0.4, -0.2) is 10.3 Å². The van der Waals surface area contributed by atoms with E-state index in [1.807, 2.05) is 17.5 Å². The molecule has 1 N–H and O–H groups in total. The summed E-state index contributed by atoms with van der Waals surface area (Å²) >= 11 is 1.66. The maximum atomic E-state index is 8.41. The third-order valence-electron chi connectivity index (χ3n) is 3.75. The largest absolute Gasteiger partial charge is 0.348 e. The van der Waals surface area contributed by atoms with Gasteiger partial charge in [0.2, 0.25) is 0 Å². The number of fused-ring (bicyclic) bond motifs is 1. The predicted octanol–water partition coefficient (Wildman–Crippen LogP) is 4.00. The molecule has 3 heterocycles. The van der Waals surface area contributed by atoms with E-state index in [0.29, 0.717) is 5.71 Å². The fraction of sp³-hybridized carbons (Fsp3) is 0.400. The lowest BCUT2D eigenvalue weighted by molar-refractivity contribution is 0.625. The maximum absolute atomic E-state index is 8.41. The van der Waals surface area contributed by atoms with Crippen molar-refractivity contribution in [1.29, 1.82) is 5.41 Å². The SMILES string of the molecule is Cc1cc(C(=N)c2cccs2)c2n1CCCCC2. The predicted molar refractivity (Wildman–Crippen MR) is 77.0 cm³/mol. The Bertz CT molecular complexity index is 564. The van der Waals surface area contributed by atoms with Gasteiger partial charge < -0.3 is 4.57 Å². The Balaban J connectivity index is 2.05. The molecule has 1 aliphatic rings. The number of hydrogen-bond acceptors (Lipinski definition) is 2. The average molecular weight is 258 g/mol. The summed E-state index contributed by atoms with van der Waals surface area (Å²) in [5.41, 5.74) is 4.53. The first-order valence-corrected chi connectivity index (χ1v) is 7.47. The highest BCUT2D eigenvalue weighted by atomic mass is 32.1. The van der Waals surface area contributed by atoms with Gasteiger partial charge in [0.25, 0.3) is 0 Å². The Hall–Kier alpha value is -1.35. The molecule has 1 aliphatic heterocycles. The van der Waals surface area contributed by atoms with Gasteiger partial charge in [0.15, 0.2) is 0 Å². The Morgan fingerprint density at radius 3 is 3.00 bits per heavy atom. The molecule has 3 rings (SSSR count). The van der Waals surface area contributed by atoms with Gasteiger partial charge in [0.05, 0.1) is 10.6 Å². The number of hydrogen-bond donors (Lipinski definition) is 1. The van der Waals surface area contributed by atoms with Gasteiger partial charge in [-0.3, -0.25) is 5.41 Å². The lowest BCUT2D eigenvalue weighted by Gasteiger charge is -2.08. The van der Waals surface area contributed by atoms with Crippen LogP contribution in [0, 0.1) is 12.3 Å². The molecule has 2 aromatic heterocycles. The van der Waals surface area contributed by atoms with E-state index in [0.717, 1.165) is 23.4 Å². The Morgan fingerprint density at radius 2 is 2.22 bits per heavy atom. The summed E-state index contributed by atoms with van der Waals surface area (Å²) in [4.78, 5) is 1.08. The van der Waals surface area contributed by atoms with Crippen molar-refractivity contribution in [3.63, 3.8) is 0 Å². The highest BCUT2D eigenvalue weighted by Gasteiger charge is 2.19. The Labute approximate surface area is 112 Å². The highest BCUT2D eigenvalue weighted by Crippen LogP contribution is 2.26. The van der Waals surface area contributed by atoms with Crippen molar-refractivity contribution in [3.05, 3.63) is 45.4 Å². The van der Waals surface area contributed by atoms with E-state index in [-0.39, 0.29) is 0 Å². The zero-order chi connectivity index (χ0) is 12.5. The molecule has 0 spiro atoms. The molecule has 0 radical (unpaired) electrons. The van der Waals surface area contributed by atoms with Gasteiger partial charge in [-0.1, -0.05) is 12.5 Å². The molecule has 18 heavy (non-hydrogen) atoms. The van der Waals surface area contributed by atoms with Crippen LogP contribution in [0.5, 0.6) is 0 Å². The van der Waals surface area contributed by atoms with Crippen LogP contribution in [0.1, 0.15) is 41.1 Å². The fourth-order valence-electron chi connectivity index (χ4n) is 2.82. The number of rotatable bonds is 2. The molecule has 2 nitrogen and oxygen atoms in total. The lowest BCUT2D eigenvalue weighted by Crippen LogP contribution is -2.06. The minimum atomic E-state index is 0.698. The second-order valence-corrected chi connectivity index (χ2v) is 5.91. The van der Waals surface area contributed by atoms with Gasteiger partial charge in [0, 0.05) is 23.5 Å². The molecule has 3 heteroatoms. The van der Waals surface area contributed by atoms with E-state index in [1.165, 1.54) is 30.7 Å². The Morgan fingerprint density at radius 1 is 1.33 bits per heavy atom. The van der Waals surface area contributed by atoms with Gasteiger partial charge in [-0.05, 0) is 43.7 Å². The van der Waals surface area contributed by atoms with Crippen molar-refractivity contribution >= 4 is 17.0 Å². The maximum Gasteiger partial charge on any atom is 0.0802 e. The second kappa shape index (κ2) is 4.73. The van der Waals surface area contributed by atoms with Gasteiger partial charge in [0.1, 0.15) is 0 Å². The third-order valence-corrected chi connectivity index (χ3v) is 4.64. The summed E-state index contributed by atoms with van der Waals surface area (Å²) in [7, 11) is 0. The van der Waals surface area contributed by atoms with Crippen LogP contribution >= 0.6 is 11.3 Å². The third kappa shape index (κ3) is 1.93. The summed E-state index contributed by atoms with van der Waals surface area (Å²) in [6.45, 7) is 3.29. The second-order valence-electron chi connectivity index (χ2n) is 4.96. The van der Waals surface area contributed by atoms with Crippen LogP contribution in [-0.2, 0) is 13.0 Å². The minimum absolute atomic E-state index is 0.698. The molecule has 0 atom stereocenters. The van der Waals surface area contributed by atoms with Crippen molar-refractivity contribution in [2.24, 2.45) is 0 Å². The summed E-state index contributed by atoms with van der Waals surface area (Å²) in [6.07, 6.45) is 4.96. The summed E-state index contributed by atoms with van der Waals surface area (Å²) in [5, 5.41) is 10.5. The smallest absolute Gasteiger partial charge is 0.0802 e. The number of aromatic nitrogens is 1. The zero-order valence-corrected chi connectivity index (χ0v) is 11.5. The molecule has 0 saturated carbocycles. The van der Waals surface area contributed by atoms with E-state index in [1.54, 1.807) is 11.3 Å². The van der Waals surface area contributed by atoms with E-state index < -0.39 is 0 Å². The van der Waals surface area contributed by atoms with E-state index in [2.05, 4.69) is 17.6 Å². The number of nitrogens with one attached hydrogen (secondary N) is 1. The zero-order valence-electron chi connectivity index (χ0n) is 10.7. The van der Waals surface area contributed by atoms with E-state index in [9.17, 15) is 0 Å². The van der Waals surface area contributed by atoms with Gasteiger partial charge in [-0.15, -0.1) is 11.3 Å². The molecule has 0 saturated heterocycles. The molecule has 0 aromatic carbocycles. The van der Waals surface area contributed by atoms with Gasteiger partial charge in [-0.25, -0.2) is 0 Å². The molecule has 94 valence electrons. The first kappa shape index (κ1) is 11.7. The first-order valence-electron chi connectivity index (χ1n) is 6.59. The van der Waals surface area contributed by atoms with Crippen molar-refractivity contribution in [2.75, 3.05) is 0 Å². The van der Waals surface area contributed by atoms with Gasteiger partial charge in [-0.2, -0.15) is 0 Å². The van der Waals surface area contributed by atoms with Crippen LogP contribution < -0.4 is 0 Å². The van der Waals surface area contributed by atoms with E-state index >= 15 is 0 Å². The van der Waals surface area contributed by atoms with Crippen molar-refractivity contribution in [3.8, 4) is 0 Å². The monoisotopic (exact) mass is 258 g/mol. The molecule has 0 aliphatic carbocycles. The fourth-order valence-corrected chi connectivity index (χ4v) is 3.51. The Kier molecular flexibility index (Phi) is 3.08. The molecular formula is C15H18N2S. The first-order chi connectivity index (χ1) is 8.77. The van der Waals surface area contributed by atoms with Crippen LogP contribution in [0.4, 0.5) is 0 Å². The van der Waals surface area contributed by atoms with Crippen molar-refractivity contribution < 1.29 is 0 Å². The molecule has 2 aromatic rings. The van der Waals surface area contributed by atoms with Gasteiger partial charge >= 0.3 is 0 Å². The minimum Gasteiger partial charge on any atom is -0.348 e. The van der Waals surface area contributed by atoms with Crippen LogP contribution in [0.3, 0.4) is 0 Å². The average Bonchev–Trinajstić information content (AvgIpc) is 2.92. The molecule has 0 fully saturated rings. The van der Waals surface area contributed by atoms with Crippen molar-refractivity contribution in [2.45, 2.75) is 39.2 Å². The number of thiophene rings is 1. The van der Waals surface area contributed by atoms with Crippen molar-refractivity contribution in [1.82, 2.24) is 4.57 Å². The standard InChI is InChI=1S/C15H18N2S/c1-11-10-12(15(16)14-7-5-9-18-14)13-6-3-2-4-8-17(11)13/h5,7,9-10,16H,2-4,6,8H2,1H3. The summed E-state index contributed by atoms with van der Waals surface area (Å²) in [5.74, 6) is 0. The summed E-state index contributed by atoms with van der Waals surface area (Å²) < 4.78 is 2.42. The quantitative estimate of drug-likeness (QED) is 0.789. The normalized spacial score (nSPS) is 15.2. The molecule has 0 amide bonds. The highest BCUT2D eigenvalue weighted by molar-refractivity contribution is 7.12. The van der Waals surface area contributed by atoms with Crippen LogP contribution in [0.15, 0.2) is 23.6 Å². The van der Waals surface area contributed by atoms with E-state index in [4.69, 9.17) is 5.41 Å². The molecule has 0 unspecified atom stereocenters. The lowest BCUT2D eigenvalue weighted by atomic mass is 10.1. The molecular weight excluding hydrogens is 240 g/mol. The topological polar surface area (TPSA) is 28.8 Å². The number of nitrogens with zero attached hydrogens (tertiary/aromatic N) is 1. The summed E-state index contributed by atoms with van der Waals surface area (Å²) in [6, 6.07) is 6.27. The molecule has 0 bridgehead atoms. The number of aryl methyl sites for hydroxylation is 1. The van der Waals surface area contributed by atoms with Crippen LogP contribution in [0.2, 0.25) is 0 Å². The van der Waals surface area contributed by atoms with Crippen LogP contribution in [0.25, 0.3) is 0 Å².